The molecular formula is C19H33IN4O3. The number of guanidine groups is 1. The molecule has 1 saturated carbocycles. The van der Waals surface area contributed by atoms with Gasteiger partial charge in [-0.15, -0.1) is 24.0 Å². The molecule has 27 heavy (non-hydrogen) atoms. The van der Waals surface area contributed by atoms with Crippen molar-refractivity contribution in [2.75, 3.05) is 48.0 Å². The van der Waals surface area contributed by atoms with E-state index in [0.29, 0.717) is 23.8 Å². The highest BCUT2D eigenvalue weighted by atomic mass is 127. The molecule has 1 aliphatic rings. The molecule has 2 N–H and O–H groups in total. The third-order valence-electron chi connectivity index (χ3n) is 4.57. The van der Waals surface area contributed by atoms with E-state index in [1.54, 1.807) is 28.4 Å². The molecule has 0 amide bonds. The lowest BCUT2D eigenvalue weighted by Crippen LogP contribution is -2.41. The number of nitrogens with one attached hydrogen (secondary N) is 2. The second-order valence-electron chi connectivity index (χ2n) is 6.25. The fourth-order valence-electron chi connectivity index (χ4n) is 3.00. The molecule has 1 aromatic carbocycles. The highest BCUT2D eigenvalue weighted by Crippen LogP contribution is 2.38. The van der Waals surface area contributed by atoms with Gasteiger partial charge in [0.1, 0.15) is 0 Å². The van der Waals surface area contributed by atoms with Crippen LogP contribution in [0, 0.1) is 0 Å². The van der Waals surface area contributed by atoms with Crippen molar-refractivity contribution in [1.29, 1.82) is 0 Å². The Kier molecular flexibility index (Phi) is 10.6. The van der Waals surface area contributed by atoms with Crippen LogP contribution in [-0.4, -0.2) is 64.9 Å². The third-order valence-corrected chi connectivity index (χ3v) is 4.57. The van der Waals surface area contributed by atoms with Crippen LogP contribution < -0.4 is 24.8 Å². The first-order valence-electron chi connectivity index (χ1n) is 9.14. The Labute approximate surface area is 179 Å². The number of hydrogen-bond acceptors (Lipinski definition) is 5. The zero-order chi connectivity index (χ0) is 18.9. The Hall–Kier alpha value is -1.42. The number of halogens is 1. The predicted octanol–water partition coefficient (Wildman–Crippen LogP) is 2.48. The molecule has 154 valence electrons. The van der Waals surface area contributed by atoms with Crippen LogP contribution in [0.4, 0.5) is 0 Å². The number of benzene rings is 1. The van der Waals surface area contributed by atoms with Crippen molar-refractivity contribution in [2.45, 2.75) is 32.4 Å². The smallest absolute Gasteiger partial charge is 0.203 e. The molecular weight excluding hydrogens is 459 g/mol. The number of likely N-dealkylation sites (N-methyl/N-ethyl adjacent to an activating group) is 1. The van der Waals surface area contributed by atoms with Crippen molar-refractivity contribution in [3.63, 3.8) is 0 Å². The van der Waals surface area contributed by atoms with Crippen molar-refractivity contribution < 1.29 is 14.2 Å². The number of ether oxygens (including phenoxy) is 3. The summed E-state index contributed by atoms with van der Waals surface area (Å²) in [5.74, 6) is 2.68. The highest BCUT2D eigenvalue weighted by molar-refractivity contribution is 14.0. The summed E-state index contributed by atoms with van der Waals surface area (Å²) in [6, 6.07) is 4.66. The number of rotatable bonds is 10. The van der Waals surface area contributed by atoms with E-state index in [1.807, 2.05) is 12.1 Å². The second-order valence-corrected chi connectivity index (χ2v) is 6.25. The van der Waals surface area contributed by atoms with E-state index < -0.39 is 0 Å². The minimum absolute atomic E-state index is 0. The molecule has 0 heterocycles. The first-order chi connectivity index (χ1) is 12.7. The molecule has 1 fully saturated rings. The molecule has 0 aliphatic heterocycles. The van der Waals surface area contributed by atoms with Gasteiger partial charge in [0.15, 0.2) is 17.5 Å². The summed E-state index contributed by atoms with van der Waals surface area (Å²) < 4.78 is 16.2. The normalized spacial score (nSPS) is 13.8. The molecule has 0 unspecified atom stereocenters. The molecule has 0 aromatic heterocycles. The van der Waals surface area contributed by atoms with Crippen LogP contribution >= 0.6 is 24.0 Å². The average Bonchev–Trinajstić information content (AvgIpc) is 3.51. The molecule has 0 radical (unpaired) electrons. The lowest BCUT2D eigenvalue weighted by atomic mass is 10.2. The topological polar surface area (TPSA) is 67.4 Å². The summed E-state index contributed by atoms with van der Waals surface area (Å²) in [4.78, 5) is 6.81. The predicted molar refractivity (Wildman–Crippen MR) is 120 cm³/mol. The molecule has 0 saturated heterocycles. The summed E-state index contributed by atoms with van der Waals surface area (Å²) in [5, 5.41) is 6.71. The van der Waals surface area contributed by atoms with Gasteiger partial charge in [-0.25, -0.2) is 0 Å². The van der Waals surface area contributed by atoms with E-state index in [-0.39, 0.29) is 24.0 Å². The van der Waals surface area contributed by atoms with Crippen LogP contribution in [-0.2, 0) is 6.54 Å². The molecule has 8 heteroatoms. The molecule has 1 aliphatic carbocycles. The quantitative estimate of drug-likeness (QED) is 0.297. The van der Waals surface area contributed by atoms with Gasteiger partial charge in [-0.3, -0.25) is 9.89 Å². The molecule has 1 aromatic rings. The minimum Gasteiger partial charge on any atom is -0.493 e. The van der Waals surface area contributed by atoms with Gasteiger partial charge in [-0.2, -0.15) is 0 Å². The SMILES string of the molecule is CCN(CCNC(=NC)NCc1cc(OC)c(OC)c(OC)c1)C1CC1.I. The Morgan fingerprint density at radius 2 is 1.74 bits per heavy atom. The zero-order valence-corrected chi connectivity index (χ0v) is 19.3. The summed E-state index contributed by atoms with van der Waals surface area (Å²) >= 11 is 0. The van der Waals surface area contributed by atoms with Gasteiger partial charge in [0.05, 0.1) is 21.3 Å². The van der Waals surface area contributed by atoms with Crippen molar-refractivity contribution in [1.82, 2.24) is 15.5 Å². The van der Waals surface area contributed by atoms with Crippen LogP contribution in [0.5, 0.6) is 17.2 Å². The first-order valence-corrected chi connectivity index (χ1v) is 9.14. The summed E-state index contributed by atoms with van der Waals surface area (Å²) in [7, 11) is 6.62. The number of nitrogens with zero attached hydrogens (tertiary/aromatic N) is 2. The van der Waals surface area contributed by atoms with Crippen LogP contribution in [0.25, 0.3) is 0 Å². The Morgan fingerprint density at radius 3 is 2.19 bits per heavy atom. The molecule has 0 atom stereocenters. The lowest BCUT2D eigenvalue weighted by molar-refractivity contribution is 0.282. The van der Waals surface area contributed by atoms with Crippen molar-refractivity contribution in [2.24, 2.45) is 4.99 Å². The monoisotopic (exact) mass is 492 g/mol. The lowest BCUT2D eigenvalue weighted by Gasteiger charge is -2.21. The maximum absolute atomic E-state index is 5.40. The fourth-order valence-corrected chi connectivity index (χ4v) is 3.00. The molecule has 0 spiro atoms. The van der Waals surface area contributed by atoms with E-state index in [0.717, 1.165) is 37.2 Å². The van der Waals surface area contributed by atoms with Crippen LogP contribution in [0.2, 0.25) is 0 Å². The van der Waals surface area contributed by atoms with E-state index in [9.17, 15) is 0 Å². The average molecular weight is 492 g/mol. The van der Waals surface area contributed by atoms with Crippen molar-refractivity contribution in [3.05, 3.63) is 17.7 Å². The number of aliphatic imine (C=N–C) groups is 1. The van der Waals surface area contributed by atoms with Gasteiger partial charge in [0.2, 0.25) is 5.75 Å². The number of hydrogen-bond donors (Lipinski definition) is 2. The van der Waals surface area contributed by atoms with Crippen LogP contribution in [0.3, 0.4) is 0 Å². The Balaban J connectivity index is 0.00000364. The van der Waals surface area contributed by atoms with Crippen molar-refractivity contribution in [3.8, 4) is 17.2 Å². The maximum Gasteiger partial charge on any atom is 0.203 e. The highest BCUT2D eigenvalue weighted by Gasteiger charge is 2.27. The zero-order valence-electron chi connectivity index (χ0n) is 17.0. The standard InChI is InChI=1S/C19H32N4O3.HI/c1-6-23(15-7-8-15)10-9-21-19(20-2)22-13-14-11-16(24-3)18(26-5)17(12-14)25-4;/h11-12,15H,6-10,13H2,1-5H3,(H2,20,21,22);1H. The Morgan fingerprint density at radius 1 is 1.11 bits per heavy atom. The van der Waals surface area contributed by atoms with Crippen LogP contribution in [0.1, 0.15) is 25.3 Å². The molecule has 0 bridgehead atoms. The van der Waals surface area contributed by atoms with E-state index in [4.69, 9.17) is 14.2 Å². The van der Waals surface area contributed by atoms with E-state index in [1.165, 1.54) is 12.8 Å². The van der Waals surface area contributed by atoms with E-state index >= 15 is 0 Å². The fraction of sp³-hybridized carbons (Fsp3) is 0.632. The number of methoxy groups -OCH3 is 3. The van der Waals surface area contributed by atoms with Crippen molar-refractivity contribution >= 4 is 29.9 Å². The first kappa shape index (κ1) is 23.6. The molecule has 7 nitrogen and oxygen atoms in total. The van der Waals surface area contributed by atoms with Gasteiger partial charge < -0.3 is 24.8 Å². The summed E-state index contributed by atoms with van der Waals surface area (Å²) in [6.45, 7) is 5.83. The van der Waals surface area contributed by atoms with Gasteiger partial charge in [0.25, 0.3) is 0 Å². The van der Waals surface area contributed by atoms with Crippen LogP contribution in [0.15, 0.2) is 17.1 Å². The van der Waals surface area contributed by atoms with Gasteiger partial charge >= 0.3 is 0 Å². The van der Waals surface area contributed by atoms with Gasteiger partial charge in [0, 0.05) is 32.7 Å². The van der Waals surface area contributed by atoms with Gasteiger partial charge in [-0.05, 0) is 37.1 Å². The maximum atomic E-state index is 5.40. The second kappa shape index (κ2) is 12.1. The van der Waals surface area contributed by atoms with Gasteiger partial charge in [-0.1, -0.05) is 6.92 Å². The third kappa shape index (κ3) is 6.91. The summed E-state index contributed by atoms with van der Waals surface area (Å²) in [6.07, 6.45) is 2.67. The van der Waals surface area contributed by atoms with E-state index in [2.05, 4.69) is 27.4 Å². The molecule has 2 rings (SSSR count). The minimum atomic E-state index is 0. The Bertz CT molecular complexity index is 584. The largest absolute Gasteiger partial charge is 0.493 e. The summed E-state index contributed by atoms with van der Waals surface area (Å²) in [5.41, 5.74) is 1.02.